The lowest BCUT2D eigenvalue weighted by Crippen LogP contribution is -2.65. The molecule has 85 heavy (non-hydrogen) atoms. The predicted molar refractivity (Wildman–Crippen MR) is 346 cm³/mol. The van der Waals surface area contributed by atoms with Crippen LogP contribution in [0.15, 0.2) is 48.6 Å². The van der Waals surface area contributed by atoms with Crippen molar-refractivity contribution in [3.8, 4) is 0 Å². The summed E-state index contributed by atoms with van der Waals surface area (Å²) >= 11 is 0. The number of aliphatic hydroxyl groups is 8. The molecule has 2 aliphatic heterocycles. The zero-order valence-corrected chi connectivity index (χ0v) is 54.1. The molecule has 0 aliphatic carbocycles. The van der Waals surface area contributed by atoms with Gasteiger partial charge in [-0.1, -0.05) is 294 Å². The van der Waals surface area contributed by atoms with Crippen LogP contribution in [-0.4, -0.2) is 140 Å². The quantitative estimate of drug-likeness (QED) is 0.0204. The van der Waals surface area contributed by atoms with Gasteiger partial charge in [-0.15, -0.1) is 0 Å². The summed E-state index contributed by atoms with van der Waals surface area (Å²) in [7, 11) is 0. The first-order valence-corrected chi connectivity index (χ1v) is 35.4. The number of hydrogen-bond acceptors (Lipinski definition) is 13. The molecule has 0 saturated carbocycles. The van der Waals surface area contributed by atoms with Crippen LogP contribution in [0.3, 0.4) is 0 Å². The van der Waals surface area contributed by atoms with Crippen LogP contribution in [0.1, 0.15) is 303 Å². The molecule has 12 unspecified atom stereocenters. The molecule has 2 fully saturated rings. The third-order valence-corrected chi connectivity index (χ3v) is 17.3. The lowest BCUT2D eigenvalue weighted by atomic mass is 9.97. The fourth-order valence-electron chi connectivity index (χ4n) is 11.7. The molecule has 0 radical (unpaired) electrons. The second-order valence-corrected chi connectivity index (χ2v) is 25.0. The van der Waals surface area contributed by atoms with Crippen LogP contribution in [0.5, 0.6) is 0 Å². The highest BCUT2D eigenvalue weighted by molar-refractivity contribution is 5.76. The zero-order valence-electron chi connectivity index (χ0n) is 54.1. The Morgan fingerprint density at radius 2 is 0.812 bits per heavy atom. The van der Waals surface area contributed by atoms with Crippen molar-refractivity contribution in [1.29, 1.82) is 0 Å². The van der Waals surface area contributed by atoms with Crippen LogP contribution in [0.2, 0.25) is 0 Å². The number of allylic oxidation sites excluding steroid dienone is 8. The summed E-state index contributed by atoms with van der Waals surface area (Å²) in [5, 5.41) is 87.5. The van der Waals surface area contributed by atoms with Crippen LogP contribution < -0.4 is 5.32 Å². The van der Waals surface area contributed by atoms with Crippen LogP contribution in [0.25, 0.3) is 0 Å². The van der Waals surface area contributed by atoms with Crippen LogP contribution in [-0.2, 0) is 23.7 Å². The van der Waals surface area contributed by atoms with Crippen LogP contribution in [0, 0.1) is 0 Å². The summed E-state index contributed by atoms with van der Waals surface area (Å²) in [6, 6.07) is -0.827. The average Bonchev–Trinajstić information content (AvgIpc) is 3.70. The molecule has 1 amide bonds. The third kappa shape index (κ3) is 40.3. The Balaban J connectivity index is 1.59. The van der Waals surface area contributed by atoms with Crippen molar-refractivity contribution in [3.63, 3.8) is 0 Å². The van der Waals surface area contributed by atoms with E-state index in [1.54, 1.807) is 0 Å². The molecule has 14 heteroatoms. The summed E-state index contributed by atoms with van der Waals surface area (Å²) < 4.78 is 22.9. The fourth-order valence-corrected chi connectivity index (χ4v) is 11.7. The van der Waals surface area contributed by atoms with Gasteiger partial charge in [0.05, 0.1) is 32.0 Å². The first kappa shape index (κ1) is 79.0. The molecule has 0 aromatic carbocycles. The highest BCUT2D eigenvalue weighted by Crippen LogP contribution is 2.30. The summed E-state index contributed by atoms with van der Waals surface area (Å²) in [6.07, 6.45) is 55.7. The van der Waals surface area contributed by atoms with E-state index in [4.69, 9.17) is 18.9 Å². The van der Waals surface area contributed by atoms with E-state index in [1.807, 2.05) is 0 Å². The smallest absolute Gasteiger partial charge is 0.220 e. The Morgan fingerprint density at radius 1 is 0.435 bits per heavy atom. The maximum atomic E-state index is 13.3. The van der Waals surface area contributed by atoms with Crippen molar-refractivity contribution < 1.29 is 64.6 Å². The molecule has 12 atom stereocenters. The number of unbranched alkanes of at least 4 members (excludes halogenated alkanes) is 37. The second kappa shape index (κ2) is 56.0. The van der Waals surface area contributed by atoms with Gasteiger partial charge in [0.1, 0.15) is 48.8 Å². The van der Waals surface area contributed by atoms with Gasteiger partial charge < -0.3 is 65.1 Å². The van der Waals surface area contributed by atoms with Gasteiger partial charge in [0, 0.05) is 6.42 Å². The molecule has 2 heterocycles. The number of rotatable bonds is 58. The molecular weight excluding hydrogens is 1070 g/mol. The van der Waals surface area contributed by atoms with E-state index in [2.05, 4.69) is 67.8 Å². The predicted octanol–water partition coefficient (Wildman–Crippen LogP) is 14.3. The number of carbonyl (C=O) groups excluding carboxylic acids is 1. The molecule has 14 nitrogen and oxygen atoms in total. The van der Waals surface area contributed by atoms with Gasteiger partial charge in [0.15, 0.2) is 12.6 Å². The SMILES string of the molecule is CC/C=C\C/C=C\C/C=C\C/C=C\CCCCCCCCCCCCCCCCCCCCCCCCC(=O)NC(COC1OC(CO)C(OC2OC(CO)C(O)C(O)C2O)C(O)C1O)C(O)CCCCCCCCCCCCCCCCCC. The topological polar surface area (TPSA) is 228 Å². The molecule has 2 rings (SSSR count). The molecule has 9 N–H and O–H groups in total. The van der Waals surface area contributed by atoms with Crippen molar-refractivity contribution in [2.24, 2.45) is 0 Å². The van der Waals surface area contributed by atoms with Gasteiger partial charge in [0.25, 0.3) is 0 Å². The number of nitrogens with one attached hydrogen (secondary N) is 1. The standard InChI is InChI=1S/C71H131NO13/c1-3-5-7-9-11-13-15-17-19-21-22-23-24-25-26-27-28-29-30-31-32-33-34-35-36-37-38-39-41-43-45-47-49-51-53-55-63(76)72-59(60(75)54-52-50-48-46-44-42-40-20-18-16-14-12-10-8-6-4-2)58-82-70-68(81)66(79)69(62(57-74)84-70)85-71-67(80)65(78)64(77)61(56-73)83-71/h5,7,11,13,17,19,22-23,59-62,64-71,73-75,77-81H,3-4,6,8-10,12,14-16,18,20-21,24-58H2,1-2H3,(H,72,76)/b7-5-,13-11-,19-17-,23-22-. The van der Waals surface area contributed by atoms with E-state index in [0.717, 1.165) is 77.0 Å². The van der Waals surface area contributed by atoms with E-state index in [1.165, 1.54) is 199 Å². The van der Waals surface area contributed by atoms with Crippen molar-refractivity contribution >= 4 is 5.91 Å². The van der Waals surface area contributed by atoms with E-state index < -0.39 is 86.8 Å². The van der Waals surface area contributed by atoms with Gasteiger partial charge in [-0.25, -0.2) is 0 Å². The highest BCUT2D eigenvalue weighted by Gasteiger charge is 2.51. The lowest BCUT2D eigenvalue weighted by molar-refractivity contribution is -0.359. The molecule has 0 aromatic rings. The van der Waals surface area contributed by atoms with Crippen molar-refractivity contribution in [1.82, 2.24) is 5.32 Å². The van der Waals surface area contributed by atoms with Gasteiger partial charge in [-0.3, -0.25) is 4.79 Å². The number of ether oxygens (including phenoxy) is 4. The molecule has 0 bridgehead atoms. The maximum Gasteiger partial charge on any atom is 0.220 e. The van der Waals surface area contributed by atoms with Crippen LogP contribution >= 0.6 is 0 Å². The Labute approximate surface area is 518 Å². The number of carbonyl (C=O) groups is 1. The molecule has 0 aromatic heterocycles. The largest absolute Gasteiger partial charge is 0.394 e. The van der Waals surface area contributed by atoms with Gasteiger partial charge in [0.2, 0.25) is 5.91 Å². The number of aliphatic hydroxyl groups excluding tert-OH is 8. The third-order valence-electron chi connectivity index (χ3n) is 17.3. The normalized spacial score (nSPS) is 23.8. The first-order valence-electron chi connectivity index (χ1n) is 35.4. The molecular formula is C71H131NO13. The van der Waals surface area contributed by atoms with Crippen LogP contribution in [0.4, 0.5) is 0 Å². The Bertz CT molecular complexity index is 1610. The van der Waals surface area contributed by atoms with Gasteiger partial charge >= 0.3 is 0 Å². The Hall–Kier alpha value is -2.05. The Kier molecular flexibility index (Phi) is 52.1. The average molecular weight is 1210 g/mol. The number of amides is 1. The van der Waals surface area contributed by atoms with Crippen molar-refractivity contribution in [2.45, 2.75) is 376 Å². The maximum absolute atomic E-state index is 13.3. The number of hydrogen-bond donors (Lipinski definition) is 9. The van der Waals surface area contributed by atoms with Crippen molar-refractivity contribution in [3.05, 3.63) is 48.6 Å². The van der Waals surface area contributed by atoms with Gasteiger partial charge in [-0.2, -0.15) is 0 Å². The minimum absolute atomic E-state index is 0.202. The monoisotopic (exact) mass is 1210 g/mol. The minimum atomic E-state index is -1.78. The van der Waals surface area contributed by atoms with Crippen molar-refractivity contribution in [2.75, 3.05) is 19.8 Å². The van der Waals surface area contributed by atoms with E-state index in [0.29, 0.717) is 12.8 Å². The van der Waals surface area contributed by atoms with E-state index >= 15 is 0 Å². The van der Waals surface area contributed by atoms with E-state index in [-0.39, 0.29) is 12.5 Å². The first-order chi connectivity index (χ1) is 41.6. The minimum Gasteiger partial charge on any atom is -0.394 e. The molecule has 2 saturated heterocycles. The summed E-state index contributed by atoms with van der Waals surface area (Å²) in [6.45, 7) is 2.78. The summed E-state index contributed by atoms with van der Waals surface area (Å²) in [5.41, 5.74) is 0. The molecule has 2 aliphatic rings. The van der Waals surface area contributed by atoms with E-state index in [9.17, 15) is 45.6 Å². The summed E-state index contributed by atoms with van der Waals surface area (Å²) in [5.74, 6) is -0.202. The van der Waals surface area contributed by atoms with Gasteiger partial charge in [-0.05, 0) is 51.4 Å². The fraction of sp³-hybridized carbons (Fsp3) is 0.873. The highest BCUT2D eigenvalue weighted by atomic mass is 16.7. The molecule has 498 valence electrons. The zero-order chi connectivity index (χ0) is 61.6. The summed E-state index contributed by atoms with van der Waals surface area (Å²) in [4.78, 5) is 13.3. The lowest BCUT2D eigenvalue weighted by Gasteiger charge is -2.46. The Morgan fingerprint density at radius 3 is 1.25 bits per heavy atom. The molecule has 0 spiro atoms. The second-order valence-electron chi connectivity index (χ2n) is 25.0.